The van der Waals surface area contributed by atoms with E-state index in [1.807, 2.05) is 30.3 Å². The molecule has 0 fully saturated rings. The van der Waals surface area contributed by atoms with Crippen LogP contribution in [0.1, 0.15) is 21.5 Å². The summed E-state index contributed by atoms with van der Waals surface area (Å²) in [6.45, 7) is 0. The van der Waals surface area contributed by atoms with Gasteiger partial charge in [0.1, 0.15) is 0 Å². The maximum Gasteiger partial charge on any atom is 0.275 e. The molecule has 0 spiro atoms. The molecular formula is C23H20N4O4. The zero-order valence-electron chi connectivity index (χ0n) is 16.9. The summed E-state index contributed by atoms with van der Waals surface area (Å²) in [4.78, 5) is 41.7. The van der Waals surface area contributed by atoms with Crippen molar-refractivity contribution >= 4 is 28.6 Å². The largest absolute Gasteiger partial charge is 0.357 e. The predicted octanol–water partition coefficient (Wildman–Crippen LogP) is 1.33. The molecule has 0 saturated carbocycles. The van der Waals surface area contributed by atoms with E-state index in [9.17, 15) is 14.4 Å². The van der Waals surface area contributed by atoms with Gasteiger partial charge in [-0.05, 0) is 48.5 Å². The molecule has 1 unspecified atom stereocenters. The standard InChI is InChI=1S/C23H20N4O4/c1-24-21(28)20(22(29)26-31)27(2)23(30)17-10-7-15(8-11-17)5-6-16-9-12-19-18(14-16)4-3-13-25-19/h3-4,7-14,20,31H,1-2H3,(H,24,28)(H,26,29). The number of nitrogens with zero attached hydrogens (tertiary/aromatic N) is 2. The maximum atomic E-state index is 12.7. The van der Waals surface area contributed by atoms with Gasteiger partial charge in [0.05, 0.1) is 5.52 Å². The van der Waals surface area contributed by atoms with Crippen LogP contribution in [-0.2, 0) is 9.59 Å². The number of hydrogen-bond acceptors (Lipinski definition) is 5. The van der Waals surface area contributed by atoms with Crippen molar-refractivity contribution in [3.8, 4) is 11.8 Å². The zero-order chi connectivity index (χ0) is 22.4. The van der Waals surface area contributed by atoms with Gasteiger partial charge in [-0.2, -0.15) is 0 Å². The van der Waals surface area contributed by atoms with E-state index in [4.69, 9.17) is 5.21 Å². The highest BCUT2D eigenvalue weighted by atomic mass is 16.5. The number of hydroxylamine groups is 1. The number of carbonyl (C=O) groups is 3. The number of aromatic nitrogens is 1. The lowest BCUT2D eigenvalue weighted by molar-refractivity contribution is -0.140. The Labute approximate surface area is 178 Å². The third-order valence-electron chi connectivity index (χ3n) is 4.65. The van der Waals surface area contributed by atoms with E-state index in [0.29, 0.717) is 5.56 Å². The number of amides is 3. The van der Waals surface area contributed by atoms with Crippen LogP contribution < -0.4 is 10.8 Å². The Hall–Kier alpha value is -4.22. The first kappa shape index (κ1) is 21.5. The Morgan fingerprint density at radius 2 is 1.68 bits per heavy atom. The van der Waals surface area contributed by atoms with E-state index >= 15 is 0 Å². The number of carbonyl (C=O) groups excluding carboxylic acids is 3. The zero-order valence-corrected chi connectivity index (χ0v) is 16.9. The van der Waals surface area contributed by atoms with Crippen LogP contribution >= 0.6 is 0 Å². The molecular weight excluding hydrogens is 396 g/mol. The second-order valence-electron chi connectivity index (χ2n) is 6.65. The molecule has 31 heavy (non-hydrogen) atoms. The second kappa shape index (κ2) is 9.52. The number of pyridine rings is 1. The Kier molecular flexibility index (Phi) is 6.60. The van der Waals surface area contributed by atoms with Crippen molar-refractivity contribution in [3.05, 3.63) is 77.5 Å². The molecule has 2 aromatic carbocycles. The maximum absolute atomic E-state index is 12.7. The molecule has 3 amide bonds. The SMILES string of the molecule is CNC(=O)C(C(=O)NO)N(C)C(=O)c1ccc(C#Cc2ccc3ncccc3c2)cc1. The van der Waals surface area contributed by atoms with Crippen LogP contribution in [0.15, 0.2) is 60.8 Å². The van der Waals surface area contributed by atoms with Crippen molar-refractivity contribution in [3.63, 3.8) is 0 Å². The molecule has 0 radical (unpaired) electrons. The summed E-state index contributed by atoms with van der Waals surface area (Å²) in [6, 6.07) is 14.5. The highest BCUT2D eigenvalue weighted by Gasteiger charge is 2.33. The first-order valence-electron chi connectivity index (χ1n) is 9.34. The van der Waals surface area contributed by atoms with Crippen LogP contribution in [-0.4, -0.2) is 52.9 Å². The average Bonchev–Trinajstić information content (AvgIpc) is 2.82. The first-order chi connectivity index (χ1) is 14.9. The fourth-order valence-electron chi connectivity index (χ4n) is 2.98. The smallest absolute Gasteiger partial charge is 0.275 e. The molecule has 1 atom stereocenters. The van der Waals surface area contributed by atoms with Gasteiger partial charge in [-0.25, -0.2) is 5.48 Å². The minimum Gasteiger partial charge on any atom is -0.357 e. The van der Waals surface area contributed by atoms with E-state index < -0.39 is 23.8 Å². The minimum atomic E-state index is -1.51. The van der Waals surface area contributed by atoms with Crippen molar-refractivity contribution in [2.24, 2.45) is 0 Å². The molecule has 156 valence electrons. The topological polar surface area (TPSA) is 112 Å². The normalized spacial score (nSPS) is 11.1. The molecule has 1 aromatic heterocycles. The van der Waals surface area contributed by atoms with Crippen LogP contribution in [0.4, 0.5) is 0 Å². The highest BCUT2D eigenvalue weighted by molar-refractivity contribution is 6.08. The fraction of sp³-hybridized carbons (Fsp3) is 0.130. The van der Waals surface area contributed by atoms with Crippen LogP contribution in [0.2, 0.25) is 0 Å². The fourth-order valence-corrected chi connectivity index (χ4v) is 2.98. The Morgan fingerprint density at radius 1 is 1.00 bits per heavy atom. The Balaban J connectivity index is 1.77. The van der Waals surface area contributed by atoms with E-state index in [-0.39, 0.29) is 5.56 Å². The molecule has 3 rings (SSSR count). The summed E-state index contributed by atoms with van der Waals surface area (Å²) >= 11 is 0. The molecule has 0 aliphatic heterocycles. The number of rotatable bonds is 4. The minimum absolute atomic E-state index is 0.268. The first-order valence-corrected chi connectivity index (χ1v) is 9.34. The van der Waals surface area contributed by atoms with E-state index in [2.05, 4.69) is 22.1 Å². The number of hydrogen-bond donors (Lipinski definition) is 3. The van der Waals surface area contributed by atoms with Gasteiger partial charge in [0.2, 0.25) is 0 Å². The van der Waals surface area contributed by atoms with E-state index in [1.165, 1.54) is 19.6 Å². The molecule has 0 saturated heterocycles. The van der Waals surface area contributed by atoms with Gasteiger partial charge in [-0.3, -0.25) is 24.6 Å². The summed E-state index contributed by atoms with van der Waals surface area (Å²) < 4.78 is 0. The van der Waals surface area contributed by atoms with Crippen LogP contribution in [0.5, 0.6) is 0 Å². The number of benzene rings is 2. The van der Waals surface area contributed by atoms with Gasteiger partial charge in [-0.1, -0.05) is 17.9 Å². The van der Waals surface area contributed by atoms with Crippen molar-refractivity contribution < 1.29 is 19.6 Å². The van der Waals surface area contributed by atoms with Crippen molar-refractivity contribution in [1.82, 2.24) is 20.7 Å². The third-order valence-corrected chi connectivity index (χ3v) is 4.65. The van der Waals surface area contributed by atoms with Crippen LogP contribution in [0, 0.1) is 11.8 Å². The Bertz CT molecular complexity index is 1180. The van der Waals surface area contributed by atoms with Gasteiger partial charge in [0.15, 0.2) is 6.04 Å². The second-order valence-corrected chi connectivity index (χ2v) is 6.65. The summed E-state index contributed by atoms with van der Waals surface area (Å²) in [5.41, 5.74) is 4.10. The molecule has 0 aliphatic carbocycles. The summed E-state index contributed by atoms with van der Waals surface area (Å²) in [7, 11) is 2.64. The molecule has 3 N–H and O–H groups in total. The Morgan fingerprint density at radius 3 is 2.35 bits per heavy atom. The van der Waals surface area contributed by atoms with Gasteiger partial charge in [0, 0.05) is 42.4 Å². The lowest BCUT2D eigenvalue weighted by atomic mass is 10.1. The molecule has 3 aromatic rings. The summed E-state index contributed by atoms with van der Waals surface area (Å²) in [6.07, 6.45) is 1.74. The number of fused-ring (bicyclic) bond motifs is 1. The van der Waals surface area contributed by atoms with Crippen molar-refractivity contribution in [2.45, 2.75) is 6.04 Å². The van der Waals surface area contributed by atoms with E-state index in [1.54, 1.807) is 30.5 Å². The average molecular weight is 416 g/mol. The quantitative estimate of drug-likeness (QED) is 0.257. The van der Waals surface area contributed by atoms with Gasteiger partial charge >= 0.3 is 0 Å². The summed E-state index contributed by atoms with van der Waals surface area (Å²) in [5, 5.41) is 12.2. The molecule has 1 heterocycles. The lowest BCUT2D eigenvalue weighted by Crippen LogP contribution is -2.54. The van der Waals surface area contributed by atoms with Gasteiger partial charge in [0.25, 0.3) is 17.7 Å². The van der Waals surface area contributed by atoms with Crippen LogP contribution in [0.25, 0.3) is 10.9 Å². The monoisotopic (exact) mass is 416 g/mol. The number of nitrogens with one attached hydrogen (secondary N) is 2. The predicted molar refractivity (Wildman–Crippen MR) is 114 cm³/mol. The van der Waals surface area contributed by atoms with E-state index in [0.717, 1.165) is 21.4 Å². The molecule has 0 aliphatic rings. The summed E-state index contributed by atoms with van der Waals surface area (Å²) in [5.74, 6) is 3.83. The van der Waals surface area contributed by atoms with Gasteiger partial charge in [-0.15, -0.1) is 0 Å². The number of likely N-dealkylation sites (N-methyl/N-ethyl adjacent to an activating group) is 2. The highest BCUT2D eigenvalue weighted by Crippen LogP contribution is 2.13. The molecule has 8 nitrogen and oxygen atoms in total. The molecule has 0 bridgehead atoms. The van der Waals surface area contributed by atoms with Crippen molar-refractivity contribution in [1.29, 1.82) is 0 Å². The van der Waals surface area contributed by atoms with Crippen molar-refractivity contribution in [2.75, 3.05) is 14.1 Å². The third kappa shape index (κ3) is 4.86. The lowest BCUT2D eigenvalue weighted by Gasteiger charge is -2.25. The van der Waals surface area contributed by atoms with Gasteiger partial charge < -0.3 is 10.2 Å². The van der Waals surface area contributed by atoms with Crippen LogP contribution in [0.3, 0.4) is 0 Å². The molecule has 8 heteroatoms.